The van der Waals surface area contributed by atoms with Crippen LogP contribution in [0.1, 0.15) is 17.2 Å². The molecule has 1 heterocycles. The number of aromatic nitrogens is 2. The molecule has 1 aromatic heterocycles. The third-order valence-electron chi connectivity index (χ3n) is 2.63. The molecule has 0 aliphatic carbocycles. The lowest BCUT2D eigenvalue weighted by atomic mass is 10.0. The summed E-state index contributed by atoms with van der Waals surface area (Å²) >= 11 is 0. The highest BCUT2D eigenvalue weighted by molar-refractivity contribution is 5.36. The van der Waals surface area contributed by atoms with E-state index in [0.29, 0.717) is 5.56 Å². The van der Waals surface area contributed by atoms with E-state index in [1.54, 1.807) is 42.3 Å². The Bertz CT molecular complexity index is 524. The summed E-state index contributed by atoms with van der Waals surface area (Å²) < 4.78 is 20.5. The molecular weight excluding hydrogens is 221 g/mol. The van der Waals surface area contributed by atoms with Crippen molar-refractivity contribution in [2.75, 3.05) is 7.11 Å². The predicted octanol–water partition coefficient (Wildman–Crippen LogP) is 1.62. The van der Waals surface area contributed by atoms with Gasteiger partial charge in [0, 0.05) is 24.4 Å². The molecular formula is C12H14FN3O. The molecule has 17 heavy (non-hydrogen) atoms. The van der Waals surface area contributed by atoms with Crippen LogP contribution in [0.2, 0.25) is 0 Å². The Labute approximate surface area is 98.8 Å². The van der Waals surface area contributed by atoms with Crippen molar-refractivity contribution >= 4 is 0 Å². The molecule has 0 saturated carbocycles. The molecule has 1 aromatic carbocycles. The van der Waals surface area contributed by atoms with Gasteiger partial charge < -0.3 is 10.5 Å². The number of aryl methyl sites for hydroxylation is 1. The zero-order valence-corrected chi connectivity index (χ0v) is 9.72. The van der Waals surface area contributed by atoms with Gasteiger partial charge in [0.25, 0.3) is 0 Å². The summed E-state index contributed by atoms with van der Waals surface area (Å²) in [5.41, 5.74) is 7.17. The summed E-state index contributed by atoms with van der Waals surface area (Å²) in [5.74, 6) is -0.229. The number of hydrogen-bond donors (Lipinski definition) is 1. The van der Waals surface area contributed by atoms with E-state index in [0.717, 1.165) is 5.56 Å². The number of rotatable bonds is 3. The fraction of sp³-hybridized carbons (Fsp3) is 0.250. The molecule has 0 radical (unpaired) electrons. The molecule has 0 aliphatic heterocycles. The number of halogens is 1. The van der Waals surface area contributed by atoms with Gasteiger partial charge in [0.15, 0.2) is 11.6 Å². The molecule has 90 valence electrons. The molecule has 0 fully saturated rings. The molecule has 0 aliphatic rings. The van der Waals surface area contributed by atoms with E-state index < -0.39 is 11.9 Å². The Hall–Kier alpha value is -1.88. The molecule has 2 N–H and O–H groups in total. The minimum atomic E-state index is -0.543. The number of methoxy groups -OCH3 is 1. The predicted molar refractivity (Wildman–Crippen MR) is 62.2 cm³/mol. The van der Waals surface area contributed by atoms with Gasteiger partial charge in [0.1, 0.15) is 0 Å². The van der Waals surface area contributed by atoms with Crippen LogP contribution in [0.4, 0.5) is 4.39 Å². The van der Waals surface area contributed by atoms with Crippen molar-refractivity contribution in [3.8, 4) is 5.75 Å². The summed E-state index contributed by atoms with van der Waals surface area (Å²) in [7, 11) is 3.22. The molecule has 4 nitrogen and oxygen atoms in total. The Morgan fingerprint density at radius 1 is 1.47 bits per heavy atom. The zero-order valence-electron chi connectivity index (χ0n) is 9.72. The van der Waals surface area contributed by atoms with Crippen LogP contribution in [0, 0.1) is 5.82 Å². The van der Waals surface area contributed by atoms with E-state index in [2.05, 4.69) is 5.10 Å². The number of ether oxygens (including phenoxy) is 1. The normalized spacial score (nSPS) is 12.5. The van der Waals surface area contributed by atoms with Crippen LogP contribution in [0.15, 0.2) is 30.6 Å². The number of nitrogens with two attached hydrogens (primary N) is 1. The minimum absolute atomic E-state index is 0.196. The molecule has 2 aromatic rings. The van der Waals surface area contributed by atoms with Gasteiger partial charge in [-0.05, 0) is 6.07 Å². The second-order valence-corrected chi connectivity index (χ2v) is 3.79. The minimum Gasteiger partial charge on any atom is -0.494 e. The third kappa shape index (κ3) is 2.14. The first-order valence-corrected chi connectivity index (χ1v) is 5.20. The van der Waals surface area contributed by atoms with Crippen molar-refractivity contribution in [1.29, 1.82) is 0 Å². The quantitative estimate of drug-likeness (QED) is 0.879. The summed E-state index contributed by atoms with van der Waals surface area (Å²) in [6.45, 7) is 0. The highest BCUT2D eigenvalue weighted by Crippen LogP contribution is 2.27. The van der Waals surface area contributed by atoms with Gasteiger partial charge in [-0.1, -0.05) is 12.1 Å². The van der Waals surface area contributed by atoms with Crippen LogP contribution in [0.3, 0.4) is 0 Å². The van der Waals surface area contributed by atoms with Gasteiger partial charge in [0.2, 0.25) is 0 Å². The second-order valence-electron chi connectivity index (χ2n) is 3.79. The van der Waals surface area contributed by atoms with Crippen molar-refractivity contribution < 1.29 is 9.13 Å². The maximum atomic E-state index is 14.0. The topological polar surface area (TPSA) is 53.1 Å². The molecule has 0 bridgehead atoms. The van der Waals surface area contributed by atoms with Gasteiger partial charge in [0.05, 0.1) is 19.3 Å². The highest BCUT2D eigenvalue weighted by Gasteiger charge is 2.17. The molecule has 1 unspecified atom stereocenters. The standard InChI is InChI=1S/C12H14FN3O/c1-16-7-8(6-15-16)12(14)9-4-3-5-10(17-2)11(9)13/h3-7,12H,14H2,1-2H3. The fourth-order valence-corrected chi connectivity index (χ4v) is 1.71. The summed E-state index contributed by atoms with van der Waals surface area (Å²) in [5, 5.41) is 4.02. The van der Waals surface area contributed by atoms with Crippen molar-refractivity contribution in [2.24, 2.45) is 12.8 Å². The monoisotopic (exact) mass is 235 g/mol. The van der Waals surface area contributed by atoms with Crippen molar-refractivity contribution in [3.63, 3.8) is 0 Å². The Kier molecular flexibility index (Phi) is 3.10. The SMILES string of the molecule is COc1cccc(C(N)c2cnn(C)c2)c1F. The van der Waals surface area contributed by atoms with Crippen molar-refractivity contribution in [3.05, 3.63) is 47.5 Å². The molecule has 0 amide bonds. The van der Waals surface area contributed by atoms with Crippen molar-refractivity contribution in [2.45, 2.75) is 6.04 Å². The van der Waals surface area contributed by atoms with Gasteiger partial charge in [-0.2, -0.15) is 5.10 Å². The summed E-state index contributed by atoms with van der Waals surface area (Å²) in [6.07, 6.45) is 3.40. The lowest BCUT2D eigenvalue weighted by Gasteiger charge is -2.12. The van der Waals surface area contributed by atoms with Crippen LogP contribution in [0.5, 0.6) is 5.75 Å². The lowest BCUT2D eigenvalue weighted by Crippen LogP contribution is -2.13. The van der Waals surface area contributed by atoms with Crippen LogP contribution >= 0.6 is 0 Å². The first kappa shape index (κ1) is 11.6. The van der Waals surface area contributed by atoms with Gasteiger partial charge in [-0.15, -0.1) is 0 Å². The second kappa shape index (κ2) is 4.55. The molecule has 0 spiro atoms. The first-order chi connectivity index (χ1) is 8.13. The first-order valence-electron chi connectivity index (χ1n) is 5.20. The average molecular weight is 235 g/mol. The average Bonchev–Trinajstić information content (AvgIpc) is 2.75. The van der Waals surface area contributed by atoms with Gasteiger partial charge in [-0.3, -0.25) is 4.68 Å². The van der Waals surface area contributed by atoms with E-state index in [9.17, 15) is 4.39 Å². The largest absolute Gasteiger partial charge is 0.494 e. The van der Waals surface area contributed by atoms with Crippen molar-refractivity contribution in [1.82, 2.24) is 9.78 Å². The van der Waals surface area contributed by atoms with Crippen LogP contribution < -0.4 is 10.5 Å². The molecule has 1 atom stereocenters. The maximum Gasteiger partial charge on any atom is 0.170 e. The maximum absolute atomic E-state index is 14.0. The van der Waals surface area contributed by atoms with Crippen LogP contribution in [0.25, 0.3) is 0 Å². The number of benzene rings is 1. The van der Waals surface area contributed by atoms with E-state index in [1.165, 1.54) is 7.11 Å². The molecule has 5 heteroatoms. The number of nitrogens with zero attached hydrogens (tertiary/aromatic N) is 2. The van der Waals surface area contributed by atoms with Crippen LogP contribution in [-0.2, 0) is 7.05 Å². The van der Waals surface area contributed by atoms with E-state index >= 15 is 0 Å². The van der Waals surface area contributed by atoms with E-state index in [-0.39, 0.29) is 5.75 Å². The van der Waals surface area contributed by atoms with Gasteiger partial charge in [-0.25, -0.2) is 4.39 Å². The smallest absolute Gasteiger partial charge is 0.170 e. The van der Waals surface area contributed by atoms with Crippen LogP contribution in [-0.4, -0.2) is 16.9 Å². The number of hydrogen-bond acceptors (Lipinski definition) is 3. The molecule has 2 rings (SSSR count). The summed E-state index contributed by atoms with van der Waals surface area (Å²) in [4.78, 5) is 0. The van der Waals surface area contributed by atoms with Gasteiger partial charge >= 0.3 is 0 Å². The summed E-state index contributed by atoms with van der Waals surface area (Å²) in [6, 6.07) is 4.39. The Morgan fingerprint density at radius 3 is 2.82 bits per heavy atom. The zero-order chi connectivity index (χ0) is 12.4. The van der Waals surface area contributed by atoms with E-state index in [1.807, 2.05) is 0 Å². The Morgan fingerprint density at radius 2 is 2.24 bits per heavy atom. The Balaban J connectivity index is 2.40. The molecule has 0 saturated heterocycles. The van der Waals surface area contributed by atoms with E-state index in [4.69, 9.17) is 10.5 Å². The lowest BCUT2D eigenvalue weighted by molar-refractivity contribution is 0.383. The highest BCUT2D eigenvalue weighted by atomic mass is 19.1. The fourth-order valence-electron chi connectivity index (χ4n) is 1.71. The third-order valence-corrected chi connectivity index (χ3v) is 2.63.